The Labute approximate surface area is 158 Å². The van der Waals surface area contributed by atoms with E-state index in [4.69, 9.17) is 11.6 Å². The number of carbonyl (C=O) groups excluding carboxylic acids is 2. The van der Waals surface area contributed by atoms with Gasteiger partial charge in [-0.05, 0) is 35.9 Å². The number of nitrogens with zero attached hydrogens (tertiary/aromatic N) is 1. The molecule has 3 rings (SSSR count). The van der Waals surface area contributed by atoms with Gasteiger partial charge in [0.15, 0.2) is 0 Å². The molecule has 0 atom stereocenters. The van der Waals surface area contributed by atoms with Gasteiger partial charge in [-0.3, -0.25) is 9.59 Å². The summed E-state index contributed by atoms with van der Waals surface area (Å²) in [6, 6.07) is 16.5. The molecule has 2 aromatic carbocycles. The van der Waals surface area contributed by atoms with Crippen LogP contribution in [0.25, 0.3) is 6.08 Å². The SMILES string of the molecule is O=C(CSC1=NC(=O)/C(=C/c2ccccc2)S1)Nc1ccc(Cl)cc1. The first-order chi connectivity index (χ1) is 12.1. The lowest BCUT2D eigenvalue weighted by molar-refractivity contribution is -0.114. The van der Waals surface area contributed by atoms with E-state index < -0.39 is 0 Å². The third kappa shape index (κ3) is 5.22. The minimum atomic E-state index is -0.269. The van der Waals surface area contributed by atoms with Gasteiger partial charge in [-0.25, -0.2) is 0 Å². The van der Waals surface area contributed by atoms with E-state index in [0.717, 1.165) is 5.56 Å². The van der Waals surface area contributed by atoms with Crippen molar-refractivity contribution in [1.82, 2.24) is 0 Å². The second kappa shape index (κ2) is 8.38. The minimum absolute atomic E-state index is 0.163. The number of amides is 2. The molecule has 126 valence electrons. The first kappa shape index (κ1) is 17.8. The van der Waals surface area contributed by atoms with Crippen molar-refractivity contribution in [2.24, 2.45) is 4.99 Å². The maximum Gasteiger partial charge on any atom is 0.285 e. The quantitative estimate of drug-likeness (QED) is 0.772. The lowest BCUT2D eigenvalue weighted by Gasteiger charge is -2.04. The zero-order valence-corrected chi connectivity index (χ0v) is 15.3. The number of rotatable bonds is 4. The summed E-state index contributed by atoms with van der Waals surface area (Å²) in [6.07, 6.45) is 1.80. The Bertz CT molecular complexity index is 849. The van der Waals surface area contributed by atoms with Crippen LogP contribution in [0, 0.1) is 0 Å². The van der Waals surface area contributed by atoms with E-state index in [1.54, 1.807) is 30.3 Å². The molecule has 0 unspecified atom stereocenters. The van der Waals surface area contributed by atoms with Gasteiger partial charge in [-0.15, -0.1) is 0 Å². The van der Waals surface area contributed by atoms with Gasteiger partial charge in [0.25, 0.3) is 5.91 Å². The molecule has 4 nitrogen and oxygen atoms in total. The number of benzene rings is 2. The Morgan fingerprint density at radius 3 is 2.60 bits per heavy atom. The molecule has 0 fully saturated rings. The second-order valence-electron chi connectivity index (χ2n) is 5.05. The normalized spacial score (nSPS) is 15.3. The average Bonchev–Trinajstić information content (AvgIpc) is 2.96. The molecule has 7 heteroatoms. The molecule has 0 radical (unpaired) electrons. The molecule has 25 heavy (non-hydrogen) atoms. The number of hydrogen-bond donors (Lipinski definition) is 1. The molecule has 0 saturated heterocycles. The van der Waals surface area contributed by atoms with Gasteiger partial charge in [0.2, 0.25) is 5.91 Å². The fraction of sp³-hybridized carbons (Fsp3) is 0.0556. The van der Waals surface area contributed by atoms with E-state index >= 15 is 0 Å². The predicted octanol–water partition coefficient (Wildman–Crippen LogP) is 4.68. The van der Waals surface area contributed by atoms with Crippen LogP contribution in [0.1, 0.15) is 5.56 Å². The molecular formula is C18H13ClN2O2S2. The van der Waals surface area contributed by atoms with Crippen LogP contribution in [0.5, 0.6) is 0 Å². The van der Waals surface area contributed by atoms with Gasteiger partial charge in [0, 0.05) is 10.7 Å². The number of aliphatic imine (C=N–C) groups is 1. The third-order valence-corrected chi connectivity index (χ3v) is 5.53. The number of carbonyl (C=O) groups is 2. The molecule has 0 spiro atoms. The number of anilines is 1. The molecule has 1 heterocycles. The molecule has 1 aliphatic heterocycles. The number of nitrogens with one attached hydrogen (secondary N) is 1. The van der Waals surface area contributed by atoms with Gasteiger partial charge in [0.1, 0.15) is 4.38 Å². The van der Waals surface area contributed by atoms with Gasteiger partial charge >= 0.3 is 0 Å². The molecule has 2 amide bonds. The highest BCUT2D eigenvalue weighted by molar-refractivity contribution is 8.41. The van der Waals surface area contributed by atoms with E-state index in [9.17, 15) is 9.59 Å². The van der Waals surface area contributed by atoms with Crippen LogP contribution in [-0.2, 0) is 9.59 Å². The smallest absolute Gasteiger partial charge is 0.285 e. The summed E-state index contributed by atoms with van der Waals surface area (Å²) in [5, 5.41) is 3.38. The Morgan fingerprint density at radius 2 is 1.88 bits per heavy atom. The lowest BCUT2D eigenvalue weighted by Crippen LogP contribution is -2.14. The highest BCUT2D eigenvalue weighted by Crippen LogP contribution is 2.33. The number of hydrogen-bond acceptors (Lipinski definition) is 4. The second-order valence-corrected chi connectivity index (χ2v) is 7.74. The van der Waals surface area contributed by atoms with E-state index in [2.05, 4.69) is 10.3 Å². The highest BCUT2D eigenvalue weighted by Gasteiger charge is 2.22. The van der Waals surface area contributed by atoms with Crippen molar-refractivity contribution in [3.63, 3.8) is 0 Å². The molecule has 0 bridgehead atoms. The van der Waals surface area contributed by atoms with Gasteiger partial charge in [0.05, 0.1) is 10.7 Å². The average molecular weight is 389 g/mol. The lowest BCUT2D eigenvalue weighted by atomic mass is 10.2. The number of halogens is 1. The monoisotopic (exact) mass is 388 g/mol. The summed E-state index contributed by atoms with van der Waals surface area (Å²) in [7, 11) is 0. The van der Waals surface area contributed by atoms with Crippen molar-refractivity contribution in [1.29, 1.82) is 0 Å². The Kier molecular flexibility index (Phi) is 5.96. The maximum absolute atomic E-state index is 12.0. The standard InChI is InChI=1S/C18H13ClN2O2S2/c19-13-6-8-14(9-7-13)20-16(22)11-24-18-21-17(23)15(25-18)10-12-4-2-1-3-5-12/h1-10H,11H2,(H,20,22)/b15-10-. The van der Waals surface area contributed by atoms with Crippen molar-refractivity contribution in [3.8, 4) is 0 Å². The van der Waals surface area contributed by atoms with Crippen molar-refractivity contribution < 1.29 is 9.59 Å². The molecule has 0 aliphatic carbocycles. The largest absolute Gasteiger partial charge is 0.325 e. The fourth-order valence-electron chi connectivity index (χ4n) is 2.01. The summed E-state index contributed by atoms with van der Waals surface area (Å²) < 4.78 is 0.582. The Morgan fingerprint density at radius 1 is 1.16 bits per heavy atom. The molecular weight excluding hydrogens is 376 g/mol. The third-order valence-electron chi connectivity index (χ3n) is 3.15. The van der Waals surface area contributed by atoms with Crippen LogP contribution in [0.4, 0.5) is 5.69 Å². The van der Waals surface area contributed by atoms with Crippen molar-refractivity contribution >= 4 is 63.1 Å². The predicted molar refractivity (Wildman–Crippen MR) is 107 cm³/mol. The molecule has 1 N–H and O–H groups in total. The van der Waals surface area contributed by atoms with Crippen molar-refractivity contribution in [3.05, 3.63) is 70.1 Å². The zero-order valence-electron chi connectivity index (χ0n) is 12.9. The summed E-state index contributed by atoms with van der Waals surface area (Å²) >= 11 is 8.34. The summed E-state index contributed by atoms with van der Waals surface area (Å²) in [4.78, 5) is 28.5. The van der Waals surface area contributed by atoms with Crippen molar-refractivity contribution in [2.45, 2.75) is 0 Å². The Balaban J connectivity index is 1.53. The Hall–Kier alpha value is -2.02. The van der Waals surface area contributed by atoms with Crippen LogP contribution >= 0.6 is 35.1 Å². The topological polar surface area (TPSA) is 58.5 Å². The summed E-state index contributed by atoms with van der Waals surface area (Å²) in [5.41, 5.74) is 1.62. The van der Waals surface area contributed by atoms with Crippen LogP contribution in [0.2, 0.25) is 5.02 Å². The highest BCUT2D eigenvalue weighted by atomic mass is 35.5. The van der Waals surface area contributed by atoms with E-state index in [1.807, 2.05) is 30.3 Å². The van der Waals surface area contributed by atoms with Gasteiger partial charge in [-0.1, -0.05) is 65.5 Å². The number of thioether (sulfide) groups is 2. The van der Waals surface area contributed by atoms with Gasteiger partial charge < -0.3 is 5.32 Å². The summed E-state index contributed by atoms with van der Waals surface area (Å²) in [6.45, 7) is 0. The molecule has 0 saturated carbocycles. The van der Waals surface area contributed by atoms with Gasteiger partial charge in [-0.2, -0.15) is 4.99 Å². The molecule has 0 aromatic heterocycles. The van der Waals surface area contributed by atoms with Crippen LogP contribution in [-0.4, -0.2) is 21.9 Å². The minimum Gasteiger partial charge on any atom is -0.325 e. The van der Waals surface area contributed by atoms with E-state index in [1.165, 1.54) is 23.5 Å². The zero-order chi connectivity index (χ0) is 17.6. The van der Waals surface area contributed by atoms with E-state index in [0.29, 0.717) is 20.0 Å². The van der Waals surface area contributed by atoms with Crippen LogP contribution in [0.15, 0.2) is 64.5 Å². The van der Waals surface area contributed by atoms with Crippen LogP contribution < -0.4 is 5.32 Å². The van der Waals surface area contributed by atoms with Crippen LogP contribution in [0.3, 0.4) is 0 Å². The molecule has 2 aromatic rings. The molecule has 1 aliphatic rings. The summed E-state index contributed by atoms with van der Waals surface area (Å²) in [5.74, 6) is -0.251. The first-order valence-corrected chi connectivity index (χ1v) is 9.54. The first-order valence-electron chi connectivity index (χ1n) is 7.36. The van der Waals surface area contributed by atoms with E-state index in [-0.39, 0.29) is 17.6 Å². The fourth-order valence-corrected chi connectivity index (χ4v) is 3.94. The maximum atomic E-state index is 12.0. The van der Waals surface area contributed by atoms with Crippen molar-refractivity contribution in [2.75, 3.05) is 11.1 Å².